The molecule has 0 unspecified atom stereocenters. The van der Waals surface area contributed by atoms with E-state index in [2.05, 4.69) is 29.5 Å². The Hall–Kier alpha value is -2.23. The van der Waals surface area contributed by atoms with Gasteiger partial charge in [-0.3, -0.25) is 4.98 Å². The number of benzene rings is 1. The van der Waals surface area contributed by atoms with Crippen LogP contribution in [0.2, 0.25) is 0 Å². The summed E-state index contributed by atoms with van der Waals surface area (Å²) in [6.07, 6.45) is 4.26. The molecule has 3 aromatic rings. The average molecular weight is 281 g/mol. The van der Waals surface area contributed by atoms with Crippen molar-refractivity contribution in [1.82, 2.24) is 14.5 Å². The molecule has 0 aliphatic heterocycles. The number of para-hydroxylation sites is 1. The van der Waals surface area contributed by atoms with Gasteiger partial charge in [0.1, 0.15) is 11.8 Å². The van der Waals surface area contributed by atoms with E-state index in [1.165, 1.54) is 0 Å². The van der Waals surface area contributed by atoms with Crippen LogP contribution in [-0.2, 0) is 11.3 Å². The largest absolute Gasteiger partial charge is 0.330 e. The van der Waals surface area contributed by atoms with Crippen molar-refractivity contribution in [3.63, 3.8) is 0 Å². The van der Waals surface area contributed by atoms with Crippen LogP contribution < -0.4 is 0 Å². The summed E-state index contributed by atoms with van der Waals surface area (Å²) in [4.78, 5) is 19.9. The fourth-order valence-electron chi connectivity index (χ4n) is 2.72. The Morgan fingerprint density at radius 3 is 2.86 bits per heavy atom. The molecule has 21 heavy (non-hydrogen) atoms. The molecule has 0 aliphatic rings. The molecule has 0 radical (unpaired) electrons. The lowest BCUT2D eigenvalue weighted by Gasteiger charge is -2.10. The van der Waals surface area contributed by atoms with Crippen LogP contribution in [0.1, 0.15) is 38.3 Å². The lowest BCUT2D eigenvalue weighted by Crippen LogP contribution is -2.00. The third-order valence-corrected chi connectivity index (χ3v) is 3.75. The monoisotopic (exact) mass is 281 g/mol. The number of unbranched alkanes of at least 4 members (excludes halogenated alkanes) is 1. The molecule has 0 saturated carbocycles. The van der Waals surface area contributed by atoms with E-state index in [0.717, 1.165) is 46.9 Å². The number of aldehydes is 1. The topological polar surface area (TPSA) is 47.8 Å². The number of carbonyl (C=O) groups excluding carboxylic acids is 1. The highest BCUT2D eigenvalue weighted by atomic mass is 16.1. The minimum Gasteiger partial charge on any atom is -0.330 e. The molecular weight excluding hydrogens is 262 g/mol. The molecule has 0 fully saturated rings. The predicted octanol–water partition coefficient (Wildman–Crippen LogP) is 3.69. The fraction of sp³-hybridized carbons (Fsp3) is 0.353. The second-order valence-corrected chi connectivity index (χ2v) is 5.61. The van der Waals surface area contributed by atoms with Crippen LogP contribution in [0.3, 0.4) is 0 Å². The highest BCUT2D eigenvalue weighted by molar-refractivity contribution is 6.03. The molecule has 2 heterocycles. The second kappa shape index (κ2) is 5.64. The van der Waals surface area contributed by atoms with Gasteiger partial charge in [-0.05, 0) is 18.4 Å². The van der Waals surface area contributed by atoms with Gasteiger partial charge in [-0.15, -0.1) is 0 Å². The SMILES string of the molecule is CC(C)c1nc2ccccc2c2c1ncn2CCCC=O. The van der Waals surface area contributed by atoms with Gasteiger partial charge < -0.3 is 9.36 Å². The molecule has 108 valence electrons. The van der Waals surface area contributed by atoms with Gasteiger partial charge in [0, 0.05) is 18.4 Å². The van der Waals surface area contributed by atoms with E-state index in [9.17, 15) is 4.79 Å². The number of nitrogens with zero attached hydrogens (tertiary/aromatic N) is 3. The Balaban J connectivity index is 2.24. The van der Waals surface area contributed by atoms with Gasteiger partial charge in [0.2, 0.25) is 0 Å². The standard InChI is InChI=1S/C17H19N3O/c1-12(2)15-16-17(13-7-3-4-8-14(13)19-15)20(11-18-16)9-5-6-10-21/h3-4,7-8,10-12H,5-6,9H2,1-2H3. The van der Waals surface area contributed by atoms with Gasteiger partial charge in [0.05, 0.1) is 23.1 Å². The lowest BCUT2D eigenvalue weighted by molar-refractivity contribution is -0.107. The maximum atomic E-state index is 10.5. The van der Waals surface area contributed by atoms with Gasteiger partial charge in [0.15, 0.2) is 0 Å². The number of aryl methyl sites for hydroxylation is 1. The number of hydrogen-bond acceptors (Lipinski definition) is 3. The first-order valence-corrected chi connectivity index (χ1v) is 7.39. The molecular formula is C17H19N3O. The number of aromatic nitrogens is 3. The lowest BCUT2D eigenvalue weighted by atomic mass is 10.1. The van der Waals surface area contributed by atoms with Crippen LogP contribution in [0.4, 0.5) is 0 Å². The zero-order chi connectivity index (χ0) is 14.8. The number of pyridine rings is 1. The maximum absolute atomic E-state index is 10.5. The molecule has 4 nitrogen and oxygen atoms in total. The number of imidazole rings is 1. The van der Waals surface area contributed by atoms with E-state index in [1.54, 1.807) is 0 Å². The molecule has 0 atom stereocenters. The molecule has 3 rings (SSSR count). The summed E-state index contributed by atoms with van der Waals surface area (Å²) < 4.78 is 2.15. The molecule has 0 N–H and O–H groups in total. The summed E-state index contributed by atoms with van der Waals surface area (Å²) in [7, 11) is 0. The van der Waals surface area contributed by atoms with Gasteiger partial charge in [-0.1, -0.05) is 32.0 Å². The van der Waals surface area contributed by atoms with Crippen molar-refractivity contribution >= 4 is 28.2 Å². The zero-order valence-corrected chi connectivity index (χ0v) is 12.4. The molecule has 0 saturated heterocycles. The Bertz CT molecular complexity index is 789. The van der Waals surface area contributed by atoms with Crippen molar-refractivity contribution in [2.45, 2.75) is 39.2 Å². The minimum atomic E-state index is 0.329. The van der Waals surface area contributed by atoms with Gasteiger partial charge in [-0.25, -0.2) is 4.98 Å². The van der Waals surface area contributed by atoms with Crippen molar-refractivity contribution in [2.75, 3.05) is 0 Å². The van der Waals surface area contributed by atoms with Crippen LogP contribution in [0.15, 0.2) is 30.6 Å². The first kappa shape index (κ1) is 13.7. The van der Waals surface area contributed by atoms with E-state index in [0.29, 0.717) is 12.3 Å². The van der Waals surface area contributed by atoms with Crippen molar-refractivity contribution < 1.29 is 4.79 Å². The molecule has 1 aromatic carbocycles. The van der Waals surface area contributed by atoms with Crippen LogP contribution >= 0.6 is 0 Å². The predicted molar refractivity (Wildman–Crippen MR) is 84.4 cm³/mol. The number of hydrogen-bond donors (Lipinski definition) is 0. The van der Waals surface area contributed by atoms with Crippen LogP contribution in [0, 0.1) is 0 Å². The molecule has 0 spiro atoms. The fourth-order valence-corrected chi connectivity index (χ4v) is 2.72. The Morgan fingerprint density at radius 2 is 2.10 bits per heavy atom. The number of rotatable bonds is 5. The Labute approximate surface area is 123 Å². The molecule has 0 aliphatic carbocycles. The third-order valence-electron chi connectivity index (χ3n) is 3.75. The molecule has 0 bridgehead atoms. The van der Waals surface area contributed by atoms with Crippen molar-refractivity contribution in [3.8, 4) is 0 Å². The smallest absolute Gasteiger partial charge is 0.120 e. The summed E-state index contributed by atoms with van der Waals surface area (Å²) in [5.74, 6) is 0.329. The first-order valence-electron chi connectivity index (χ1n) is 7.39. The molecule has 0 amide bonds. The highest BCUT2D eigenvalue weighted by Gasteiger charge is 2.15. The minimum absolute atomic E-state index is 0.329. The summed E-state index contributed by atoms with van der Waals surface area (Å²) in [5.41, 5.74) is 4.16. The van der Waals surface area contributed by atoms with Gasteiger partial charge in [0.25, 0.3) is 0 Å². The van der Waals surface area contributed by atoms with Crippen LogP contribution in [0.25, 0.3) is 21.9 Å². The summed E-state index contributed by atoms with van der Waals surface area (Å²) in [5, 5.41) is 1.13. The van der Waals surface area contributed by atoms with E-state index < -0.39 is 0 Å². The first-order chi connectivity index (χ1) is 10.2. The Morgan fingerprint density at radius 1 is 1.29 bits per heavy atom. The third kappa shape index (κ3) is 2.42. The number of fused-ring (bicyclic) bond motifs is 3. The highest BCUT2D eigenvalue weighted by Crippen LogP contribution is 2.29. The van der Waals surface area contributed by atoms with Gasteiger partial charge >= 0.3 is 0 Å². The van der Waals surface area contributed by atoms with Crippen molar-refractivity contribution in [2.24, 2.45) is 0 Å². The van der Waals surface area contributed by atoms with Crippen molar-refractivity contribution in [3.05, 3.63) is 36.3 Å². The van der Waals surface area contributed by atoms with Crippen LogP contribution in [0.5, 0.6) is 0 Å². The summed E-state index contributed by atoms with van der Waals surface area (Å²) in [6, 6.07) is 8.18. The van der Waals surface area contributed by atoms with Gasteiger partial charge in [-0.2, -0.15) is 0 Å². The van der Waals surface area contributed by atoms with Crippen LogP contribution in [-0.4, -0.2) is 20.8 Å². The second-order valence-electron chi connectivity index (χ2n) is 5.61. The maximum Gasteiger partial charge on any atom is 0.120 e. The van der Waals surface area contributed by atoms with E-state index in [-0.39, 0.29) is 0 Å². The molecule has 2 aromatic heterocycles. The number of carbonyl (C=O) groups is 1. The van der Waals surface area contributed by atoms with E-state index in [4.69, 9.17) is 4.98 Å². The Kier molecular flexibility index (Phi) is 3.69. The van der Waals surface area contributed by atoms with Crippen molar-refractivity contribution in [1.29, 1.82) is 0 Å². The summed E-state index contributed by atoms with van der Waals surface area (Å²) in [6.45, 7) is 5.09. The molecule has 4 heteroatoms. The quantitative estimate of drug-likeness (QED) is 0.529. The van der Waals surface area contributed by atoms with E-state index >= 15 is 0 Å². The summed E-state index contributed by atoms with van der Waals surface area (Å²) >= 11 is 0. The normalized spacial score (nSPS) is 11.6. The zero-order valence-electron chi connectivity index (χ0n) is 12.4. The van der Waals surface area contributed by atoms with E-state index in [1.807, 2.05) is 24.5 Å². The average Bonchev–Trinajstić information content (AvgIpc) is 2.91.